The lowest BCUT2D eigenvalue weighted by Gasteiger charge is -2.35. The van der Waals surface area contributed by atoms with Gasteiger partial charge in [0.25, 0.3) is 0 Å². The van der Waals surface area contributed by atoms with Crippen LogP contribution in [0, 0.1) is 17.3 Å². The molecule has 0 radical (unpaired) electrons. The second-order valence-electron chi connectivity index (χ2n) is 9.52. The first-order valence-corrected chi connectivity index (χ1v) is 10.7. The maximum absolute atomic E-state index is 13.7. The molecule has 0 unspecified atom stereocenters. The normalized spacial score (nSPS) is 26.1. The number of anilines is 1. The highest BCUT2D eigenvalue weighted by molar-refractivity contribution is 6.24. The van der Waals surface area contributed by atoms with Gasteiger partial charge in [-0.05, 0) is 35.4 Å². The third kappa shape index (κ3) is 2.80. The van der Waals surface area contributed by atoms with Gasteiger partial charge in [-0.15, -0.1) is 0 Å². The lowest BCUT2D eigenvalue weighted by Crippen LogP contribution is -2.48. The van der Waals surface area contributed by atoms with Gasteiger partial charge < -0.3 is 4.74 Å². The van der Waals surface area contributed by atoms with Gasteiger partial charge >= 0.3 is 0 Å². The van der Waals surface area contributed by atoms with Crippen molar-refractivity contribution in [1.29, 1.82) is 0 Å². The number of nitrogens with zero attached hydrogens (tertiary/aromatic N) is 3. The smallest absolute Gasteiger partial charge is 0.240 e. The number of fused-ring (bicyclic) bond motifs is 5. The number of amides is 2. The number of Topliss-reactive ketones (excluding diaryl/α,β-unsaturated/α-hetero) is 1. The van der Waals surface area contributed by atoms with Crippen LogP contribution >= 0.6 is 0 Å². The van der Waals surface area contributed by atoms with Crippen LogP contribution in [0.2, 0.25) is 0 Å². The number of ketones is 1. The fourth-order valence-corrected chi connectivity index (χ4v) is 5.10. The number of hydrazone groups is 1. The number of benzene rings is 2. The first-order valence-electron chi connectivity index (χ1n) is 10.7. The van der Waals surface area contributed by atoms with Gasteiger partial charge in [-0.3, -0.25) is 19.4 Å². The van der Waals surface area contributed by atoms with E-state index >= 15 is 0 Å². The molecule has 164 valence electrons. The molecule has 0 N–H and O–H groups in total. The van der Waals surface area contributed by atoms with E-state index < -0.39 is 29.3 Å². The maximum Gasteiger partial charge on any atom is 0.240 e. The van der Waals surface area contributed by atoms with Crippen molar-refractivity contribution in [1.82, 2.24) is 5.01 Å². The summed E-state index contributed by atoms with van der Waals surface area (Å²) in [5, 5.41) is 6.27. The molecule has 5 rings (SSSR count). The Labute approximate surface area is 186 Å². The molecule has 2 fully saturated rings. The molecule has 32 heavy (non-hydrogen) atoms. The van der Waals surface area contributed by atoms with Crippen molar-refractivity contribution in [2.75, 3.05) is 12.0 Å². The largest absolute Gasteiger partial charge is 0.497 e. The minimum absolute atomic E-state index is 0.0933. The zero-order valence-electron chi connectivity index (χ0n) is 18.5. The lowest BCUT2D eigenvalue weighted by atomic mass is 9.79. The summed E-state index contributed by atoms with van der Waals surface area (Å²) >= 11 is 0. The van der Waals surface area contributed by atoms with Crippen molar-refractivity contribution in [2.45, 2.75) is 32.9 Å². The summed E-state index contributed by atoms with van der Waals surface area (Å²) in [5.41, 5.74) is 1.61. The molecule has 7 heteroatoms. The van der Waals surface area contributed by atoms with Crippen molar-refractivity contribution in [2.24, 2.45) is 22.4 Å². The summed E-state index contributed by atoms with van der Waals surface area (Å²) in [6, 6.07) is 13.3. The maximum atomic E-state index is 13.7. The van der Waals surface area contributed by atoms with E-state index in [0.717, 1.165) is 11.1 Å². The van der Waals surface area contributed by atoms with Gasteiger partial charge in [-0.1, -0.05) is 45.0 Å². The van der Waals surface area contributed by atoms with Gasteiger partial charge in [0, 0.05) is 5.41 Å². The van der Waals surface area contributed by atoms with Crippen molar-refractivity contribution in [3.8, 4) is 5.75 Å². The highest BCUT2D eigenvalue weighted by atomic mass is 16.5. The standard InChI is InChI=1S/C25H25N3O4/c1-25(2,3)22(29)21-19-18(20-17-8-6-5-7-14(17)13-26-28(20)21)23(30)27(24(19)31)15-9-11-16(32-4)12-10-15/h5-13,18-21H,1-4H3/t18-,19-,20+,21-/m0/s1. The summed E-state index contributed by atoms with van der Waals surface area (Å²) in [6.45, 7) is 5.51. The van der Waals surface area contributed by atoms with Crippen molar-refractivity contribution in [3.05, 3.63) is 59.7 Å². The zero-order valence-corrected chi connectivity index (χ0v) is 18.5. The minimum Gasteiger partial charge on any atom is -0.497 e. The Kier molecular flexibility index (Phi) is 4.48. The van der Waals surface area contributed by atoms with Gasteiger partial charge in [0.15, 0.2) is 5.78 Å². The molecule has 0 bridgehead atoms. The Morgan fingerprint density at radius 3 is 2.28 bits per heavy atom. The monoisotopic (exact) mass is 431 g/mol. The molecule has 7 nitrogen and oxygen atoms in total. The fourth-order valence-electron chi connectivity index (χ4n) is 5.10. The van der Waals surface area contributed by atoms with Crippen LogP contribution in [0.4, 0.5) is 5.69 Å². The summed E-state index contributed by atoms with van der Waals surface area (Å²) < 4.78 is 5.20. The molecule has 0 saturated carbocycles. The molecule has 2 saturated heterocycles. The van der Waals surface area contributed by atoms with E-state index in [-0.39, 0.29) is 17.6 Å². The van der Waals surface area contributed by atoms with E-state index in [1.807, 2.05) is 45.0 Å². The number of ether oxygens (including phenoxy) is 1. The van der Waals surface area contributed by atoms with Gasteiger partial charge in [0.1, 0.15) is 11.8 Å². The molecule has 2 aromatic rings. The van der Waals surface area contributed by atoms with Crippen molar-refractivity contribution in [3.63, 3.8) is 0 Å². The first-order chi connectivity index (χ1) is 15.2. The summed E-state index contributed by atoms with van der Waals surface area (Å²) in [6.07, 6.45) is 1.71. The van der Waals surface area contributed by atoms with Crippen molar-refractivity contribution >= 4 is 29.5 Å². The number of imide groups is 1. The topological polar surface area (TPSA) is 79.3 Å². The number of hydrogen-bond acceptors (Lipinski definition) is 6. The van der Waals surface area contributed by atoms with Gasteiger partial charge in [0.05, 0.1) is 36.9 Å². The molecule has 0 aliphatic carbocycles. The predicted molar refractivity (Wildman–Crippen MR) is 119 cm³/mol. The van der Waals surface area contributed by atoms with E-state index in [2.05, 4.69) is 5.10 Å². The summed E-state index contributed by atoms with van der Waals surface area (Å²) in [7, 11) is 1.56. The van der Waals surface area contributed by atoms with E-state index in [1.54, 1.807) is 42.6 Å². The number of carbonyl (C=O) groups excluding carboxylic acids is 3. The Bertz CT molecular complexity index is 1150. The van der Waals surface area contributed by atoms with E-state index in [9.17, 15) is 14.4 Å². The van der Waals surface area contributed by atoms with Gasteiger partial charge in [0.2, 0.25) is 11.8 Å². The van der Waals surface area contributed by atoms with Crippen molar-refractivity contribution < 1.29 is 19.1 Å². The third-order valence-corrected chi connectivity index (χ3v) is 6.63. The highest BCUT2D eigenvalue weighted by Crippen LogP contribution is 2.53. The molecule has 2 amide bonds. The fraction of sp³-hybridized carbons (Fsp3) is 0.360. The van der Waals surface area contributed by atoms with Gasteiger partial charge in [-0.2, -0.15) is 5.10 Å². The van der Waals surface area contributed by atoms with Gasteiger partial charge in [-0.25, -0.2) is 4.90 Å². The Morgan fingerprint density at radius 1 is 0.969 bits per heavy atom. The predicted octanol–water partition coefficient (Wildman–Crippen LogP) is 3.19. The minimum atomic E-state index is -0.797. The highest BCUT2D eigenvalue weighted by Gasteiger charge is 2.66. The molecular formula is C25H25N3O4. The molecular weight excluding hydrogens is 406 g/mol. The molecule has 0 aromatic heterocycles. The van der Waals surface area contributed by atoms with Crippen LogP contribution in [0.15, 0.2) is 53.6 Å². The first kappa shape index (κ1) is 20.4. The zero-order chi connectivity index (χ0) is 22.8. The number of rotatable bonds is 3. The average molecular weight is 431 g/mol. The van der Waals surface area contributed by atoms with Crippen LogP contribution in [-0.4, -0.2) is 42.0 Å². The Hall–Kier alpha value is -3.48. The van der Waals surface area contributed by atoms with Crippen LogP contribution < -0.4 is 9.64 Å². The quantitative estimate of drug-likeness (QED) is 0.698. The summed E-state index contributed by atoms with van der Waals surface area (Å²) in [5.74, 6) is -1.57. The Balaban J connectivity index is 1.64. The van der Waals surface area contributed by atoms with Crippen LogP contribution in [-0.2, 0) is 14.4 Å². The van der Waals surface area contributed by atoms with Crippen LogP contribution in [0.1, 0.15) is 37.9 Å². The Morgan fingerprint density at radius 2 is 1.62 bits per heavy atom. The second-order valence-corrected chi connectivity index (χ2v) is 9.52. The van der Waals surface area contributed by atoms with Crippen LogP contribution in [0.5, 0.6) is 5.75 Å². The average Bonchev–Trinajstić information content (AvgIpc) is 3.25. The van der Waals surface area contributed by atoms with Crippen LogP contribution in [0.3, 0.4) is 0 Å². The van der Waals surface area contributed by atoms with E-state index in [1.165, 1.54) is 4.90 Å². The van der Waals surface area contributed by atoms with E-state index in [0.29, 0.717) is 11.4 Å². The van der Waals surface area contributed by atoms with E-state index in [4.69, 9.17) is 4.74 Å². The second kappa shape index (κ2) is 7.02. The summed E-state index contributed by atoms with van der Waals surface area (Å²) in [4.78, 5) is 42.2. The lowest BCUT2D eigenvalue weighted by molar-refractivity contribution is -0.136. The van der Waals surface area contributed by atoms with Crippen LogP contribution in [0.25, 0.3) is 0 Å². The molecule has 3 aliphatic rings. The number of methoxy groups -OCH3 is 1. The number of carbonyl (C=O) groups is 3. The molecule has 3 heterocycles. The molecule has 2 aromatic carbocycles. The molecule has 4 atom stereocenters. The number of hydrogen-bond donors (Lipinski definition) is 0. The molecule has 0 spiro atoms. The third-order valence-electron chi connectivity index (χ3n) is 6.63. The SMILES string of the molecule is COc1ccc(N2C(=O)[C@H]3[C@H](C2=O)[C@H]2c4ccccc4C=NN2[C@@H]3C(=O)C(C)(C)C)cc1. The molecule has 3 aliphatic heterocycles.